The van der Waals surface area contributed by atoms with Crippen molar-refractivity contribution in [2.75, 3.05) is 19.0 Å². The minimum absolute atomic E-state index is 0.173. The molecule has 0 saturated carbocycles. The molecule has 1 aliphatic heterocycles. The molecule has 0 aliphatic carbocycles. The molecule has 0 radical (unpaired) electrons. The van der Waals surface area contributed by atoms with E-state index in [1.807, 2.05) is 0 Å². The number of carbonyl (C=O) groups is 1. The van der Waals surface area contributed by atoms with E-state index in [1.165, 1.54) is 6.33 Å². The third-order valence-electron chi connectivity index (χ3n) is 3.61. The average Bonchev–Trinajstić information content (AvgIpc) is 3.16. The van der Waals surface area contributed by atoms with Gasteiger partial charge in [-0.15, -0.1) is 0 Å². The monoisotopic (exact) mass is 318 g/mol. The molecule has 2 aromatic rings. The van der Waals surface area contributed by atoms with E-state index in [4.69, 9.17) is 9.26 Å². The molecule has 23 heavy (non-hydrogen) atoms. The predicted molar refractivity (Wildman–Crippen MR) is 79.5 cm³/mol. The van der Waals surface area contributed by atoms with Crippen molar-refractivity contribution in [1.29, 1.82) is 0 Å². The summed E-state index contributed by atoms with van der Waals surface area (Å²) in [5.41, 5.74) is 0.699. The number of nitrogens with zero attached hydrogens (tertiary/aromatic N) is 5. The van der Waals surface area contributed by atoms with Crippen molar-refractivity contribution < 1.29 is 14.1 Å². The van der Waals surface area contributed by atoms with Gasteiger partial charge in [-0.1, -0.05) is 5.16 Å². The van der Waals surface area contributed by atoms with Gasteiger partial charge in [-0.25, -0.2) is 14.8 Å². The number of hydrogen-bond acceptors (Lipinski definition) is 7. The lowest BCUT2D eigenvalue weighted by atomic mass is 10.2. The Morgan fingerprint density at radius 2 is 2.39 bits per heavy atom. The number of carbonyl (C=O) groups excluding carboxylic acids is 1. The fraction of sp³-hybridized carbons (Fsp3) is 0.500. The molecule has 2 amide bonds. The summed E-state index contributed by atoms with van der Waals surface area (Å²) in [6.45, 7) is 2.73. The van der Waals surface area contributed by atoms with E-state index in [2.05, 4.69) is 25.4 Å². The molecular formula is C14H18N6O3. The fourth-order valence-electron chi connectivity index (χ4n) is 2.60. The second kappa shape index (κ2) is 6.69. The van der Waals surface area contributed by atoms with Gasteiger partial charge in [0.05, 0.1) is 18.3 Å². The van der Waals surface area contributed by atoms with Crippen LogP contribution in [-0.2, 0) is 11.3 Å². The van der Waals surface area contributed by atoms with Crippen LogP contribution in [0.4, 0.5) is 10.6 Å². The van der Waals surface area contributed by atoms with Crippen molar-refractivity contribution in [3.05, 3.63) is 29.8 Å². The van der Waals surface area contributed by atoms with Crippen molar-refractivity contribution in [2.24, 2.45) is 0 Å². The first-order chi connectivity index (χ1) is 11.2. The SMILES string of the molecule is COCc1cc(NC(=O)N2CCCC2c2noc(C)n2)ncn1. The van der Waals surface area contributed by atoms with E-state index in [9.17, 15) is 4.79 Å². The van der Waals surface area contributed by atoms with Crippen LogP contribution in [0.5, 0.6) is 0 Å². The summed E-state index contributed by atoms with van der Waals surface area (Å²) < 4.78 is 10.0. The van der Waals surface area contributed by atoms with E-state index in [0.717, 1.165) is 12.8 Å². The number of methoxy groups -OCH3 is 1. The van der Waals surface area contributed by atoms with Gasteiger partial charge in [-0.2, -0.15) is 4.98 Å². The van der Waals surface area contributed by atoms with Gasteiger partial charge >= 0.3 is 6.03 Å². The average molecular weight is 318 g/mol. The Balaban J connectivity index is 1.71. The summed E-state index contributed by atoms with van der Waals surface area (Å²) in [6.07, 6.45) is 3.10. The lowest BCUT2D eigenvalue weighted by Crippen LogP contribution is -2.35. The molecule has 3 heterocycles. The first kappa shape index (κ1) is 15.3. The molecule has 9 nitrogen and oxygen atoms in total. The van der Waals surface area contributed by atoms with Gasteiger partial charge in [-0.3, -0.25) is 5.32 Å². The first-order valence-corrected chi connectivity index (χ1v) is 7.35. The summed E-state index contributed by atoms with van der Waals surface area (Å²) in [7, 11) is 1.59. The van der Waals surface area contributed by atoms with Gasteiger partial charge in [0.25, 0.3) is 0 Å². The Morgan fingerprint density at radius 3 is 3.13 bits per heavy atom. The number of aryl methyl sites for hydroxylation is 1. The highest BCUT2D eigenvalue weighted by Gasteiger charge is 2.33. The van der Waals surface area contributed by atoms with Crippen LogP contribution in [0, 0.1) is 6.92 Å². The number of urea groups is 1. The molecule has 1 aliphatic rings. The molecule has 3 rings (SSSR count). The van der Waals surface area contributed by atoms with Gasteiger partial charge < -0.3 is 14.2 Å². The molecule has 0 bridgehead atoms. The molecule has 1 saturated heterocycles. The number of nitrogens with one attached hydrogen (secondary N) is 1. The highest BCUT2D eigenvalue weighted by atomic mass is 16.5. The number of rotatable bonds is 4. The number of aromatic nitrogens is 4. The van der Waals surface area contributed by atoms with E-state index in [-0.39, 0.29) is 12.1 Å². The summed E-state index contributed by atoms with van der Waals surface area (Å²) in [6, 6.07) is 1.27. The number of ether oxygens (including phenoxy) is 1. The van der Waals surface area contributed by atoms with Crippen molar-refractivity contribution in [2.45, 2.75) is 32.4 Å². The quantitative estimate of drug-likeness (QED) is 0.914. The minimum atomic E-state index is -0.239. The molecule has 1 unspecified atom stereocenters. The van der Waals surface area contributed by atoms with E-state index >= 15 is 0 Å². The number of hydrogen-bond donors (Lipinski definition) is 1. The summed E-state index contributed by atoms with van der Waals surface area (Å²) in [5.74, 6) is 1.47. The predicted octanol–water partition coefficient (Wildman–Crippen LogP) is 1.68. The molecule has 0 spiro atoms. The lowest BCUT2D eigenvalue weighted by Gasteiger charge is -2.22. The Morgan fingerprint density at radius 1 is 1.52 bits per heavy atom. The number of amides is 2. The van der Waals surface area contributed by atoms with Crippen molar-refractivity contribution in [3.63, 3.8) is 0 Å². The third kappa shape index (κ3) is 3.45. The van der Waals surface area contributed by atoms with Crippen LogP contribution in [0.1, 0.15) is 36.3 Å². The van der Waals surface area contributed by atoms with Crippen LogP contribution in [0.2, 0.25) is 0 Å². The molecule has 2 aromatic heterocycles. The highest BCUT2D eigenvalue weighted by molar-refractivity contribution is 5.88. The summed E-state index contributed by atoms with van der Waals surface area (Å²) in [5, 5.41) is 6.71. The van der Waals surface area contributed by atoms with Crippen LogP contribution in [0.25, 0.3) is 0 Å². The highest BCUT2D eigenvalue weighted by Crippen LogP contribution is 2.30. The van der Waals surface area contributed by atoms with Gasteiger partial charge in [0.1, 0.15) is 12.1 Å². The number of likely N-dealkylation sites (tertiary alicyclic amines) is 1. The van der Waals surface area contributed by atoms with Crippen LogP contribution in [0.15, 0.2) is 16.9 Å². The third-order valence-corrected chi connectivity index (χ3v) is 3.61. The van der Waals surface area contributed by atoms with Crippen LogP contribution in [-0.4, -0.2) is 44.7 Å². The first-order valence-electron chi connectivity index (χ1n) is 7.35. The molecular weight excluding hydrogens is 300 g/mol. The van der Waals surface area contributed by atoms with E-state index < -0.39 is 0 Å². The van der Waals surface area contributed by atoms with Crippen LogP contribution in [0.3, 0.4) is 0 Å². The van der Waals surface area contributed by atoms with Crippen LogP contribution < -0.4 is 5.32 Å². The molecule has 1 N–H and O–H groups in total. The lowest BCUT2D eigenvalue weighted by molar-refractivity contribution is 0.181. The maximum absolute atomic E-state index is 12.5. The second-order valence-corrected chi connectivity index (χ2v) is 5.28. The molecule has 122 valence electrons. The smallest absolute Gasteiger partial charge is 0.323 e. The number of anilines is 1. The fourth-order valence-corrected chi connectivity index (χ4v) is 2.60. The summed E-state index contributed by atoms with van der Waals surface area (Å²) >= 11 is 0. The second-order valence-electron chi connectivity index (χ2n) is 5.28. The zero-order chi connectivity index (χ0) is 16.2. The molecule has 1 fully saturated rings. The van der Waals surface area contributed by atoms with Gasteiger partial charge in [0.2, 0.25) is 5.89 Å². The maximum Gasteiger partial charge on any atom is 0.323 e. The van der Waals surface area contributed by atoms with E-state index in [0.29, 0.717) is 36.4 Å². The van der Waals surface area contributed by atoms with Gasteiger partial charge in [0.15, 0.2) is 5.82 Å². The molecule has 1 atom stereocenters. The van der Waals surface area contributed by atoms with Crippen molar-refractivity contribution in [3.8, 4) is 0 Å². The topological polar surface area (TPSA) is 106 Å². The Hall–Kier alpha value is -2.55. The van der Waals surface area contributed by atoms with Crippen LogP contribution >= 0.6 is 0 Å². The maximum atomic E-state index is 12.5. The van der Waals surface area contributed by atoms with E-state index in [1.54, 1.807) is 25.0 Å². The Labute approximate surface area is 133 Å². The van der Waals surface area contributed by atoms with Crippen molar-refractivity contribution >= 4 is 11.8 Å². The van der Waals surface area contributed by atoms with Gasteiger partial charge in [-0.05, 0) is 12.8 Å². The Bertz CT molecular complexity index is 689. The molecule has 9 heteroatoms. The van der Waals surface area contributed by atoms with Crippen molar-refractivity contribution in [1.82, 2.24) is 25.0 Å². The zero-order valence-corrected chi connectivity index (χ0v) is 13.0. The summed E-state index contributed by atoms with van der Waals surface area (Å²) in [4.78, 5) is 26.6. The standard InChI is InChI=1S/C14H18N6O3/c1-9-17-13(19-23-9)11-4-3-5-20(11)14(21)18-12-6-10(7-22-2)15-8-16-12/h6,8,11H,3-5,7H2,1-2H3,(H,15,16,18,21). The largest absolute Gasteiger partial charge is 0.378 e. The van der Waals surface area contributed by atoms with Gasteiger partial charge in [0, 0.05) is 26.6 Å². The Kier molecular flexibility index (Phi) is 4.47. The normalized spacial score (nSPS) is 17.5. The zero-order valence-electron chi connectivity index (χ0n) is 13.0. The minimum Gasteiger partial charge on any atom is -0.378 e. The molecule has 0 aromatic carbocycles.